The summed E-state index contributed by atoms with van der Waals surface area (Å²) in [5, 5.41) is 11.1. The largest absolute Gasteiger partial charge is 0.394 e. The average molecular weight is 225 g/mol. The summed E-state index contributed by atoms with van der Waals surface area (Å²) in [6, 6.07) is 3.99. The molecule has 0 radical (unpaired) electrons. The van der Waals surface area contributed by atoms with Gasteiger partial charge in [-0.1, -0.05) is 6.07 Å². The van der Waals surface area contributed by atoms with E-state index >= 15 is 0 Å². The Morgan fingerprint density at radius 3 is 3.20 bits per heavy atom. The van der Waals surface area contributed by atoms with Gasteiger partial charge < -0.3 is 10.0 Å². The van der Waals surface area contributed by atoms with E-state index in [1.807, 2.05) is 22.4 Å². The van der Waals surface area contributed by atoms with E-state index in [0.29, 0.717) is 6.42 Å². The zero-order valence-electron chi connectivity index (χ0n) is 8.56. The second kappa shape index (κ2) is 4.77. The summed E-state index contributed by atoms with van der Waals surface area (Å²) in [5.74, 6) is 0.147. The maximum atomic E-state index is 11.9. The molecule has 15 heavy (non-hydrogen) atoms. The molecule has 0 aromatic carbocycles. The standard InChI is InChI=1S/C11H15NO2S/c13-8-9-3-1-5-12(9)11(14)7-10-4-2-6-15-10/h2,4,6,9,13H,1,3,5,7-8H2. The van der Waals surface area contributed by atoms with Crippen molar-refractivity contribution in [3.8, 4) is 0 Å². The number of thiophene rings is 1. The fraction of sp³-hybridized carbons (Fsp3) is 0.545. The van der Waals surface area contributed by atoms with Crippen LogP contribution < -0.4 is 0 Å². The van der Waals surface area contributed by atoms with Gasteiger partial charge in [-0.05, 0) is 24.3 Å². The van der Waals surface area contributed by atoms with Crippen molar-refractivity contribution in [2.75, 3.05) is 13.2 Å². The molecule has 3 nitrogen and oxygen atoms in total. The van der Waals surface area contributed by atoms with Gasteiger partial charge in [0.05, 0.1) is 19.1 Å². The summed E-state index contributed by atoms with van der Waals surface area (Å²) in [6.07, 6.45) is 2.43. The molecular formula is C11H15NO2S. The highest BCUT2D eigenvalue weighted by Gasteiger charge is 2.27. The molecule has 2 rings (SSSR count). The van der Waals surface area contributed by atoms with Crippen LogP contribution in [-0.4, -0.2) is 35.1 Å². The van der Waals surface area contributed by atoms with Gasteiger partial charge in [-0.15, -0.1) is 11.3 Å². The zero-order chi connectivity index (χ0) is 10.7. The number of carbonyl (C=O) groups excluding carboxylic acids is 1. The second-order valence-electron chi connectivity index (χ2n) is 3.82. The van der Waals surface area contributed by atoms with Crippen LogP contribution in [0.5, 0.6) is 0 Å². The van der Waals surface area contributed by atoms with Gasteiger partial charge >= 0.3 is 0 Å². The Morgan fingerprint density at radius 1 is 1.67 bits per heavy atom. The smallest absolute Gasteiger partial charge is 0.228 e. The minimum absolute atomic E-state index is 0.0532. The van der Waals surface area contributed by atoms with Crippen LogP contribution in [0, 0.1) is 0 Å². The lowest BCUT2D eigenvalue weighted by Crippen LogP contribution is -2.38. The minimum atomic E-state index is 0.0532. The Balaban J connectivity index is 1.96. The maximum Gasteiger partial charge on any atom is 0.228 e. The van der Waals surface area contributed by atoms with E-state index in [1.54, 1.807) is 11.3 Å². The molecule has 1 atom stereocenters. The Bertz CT molecular complexity index is 323. The first-order chi connectivity index (χ1) is 7.31. The zero-order valence-corrected chi connectivity index (χ0v) is 9.37. The van der Waals surface area contributed by atoms with Crippen LogP contribution in [-0.2, 0) is 11.2 Å². The molecule has 1 fully saturated rings. The van der Waals surface area contributed by atoms with Crippen molar-refractivity contribution in [1.82, 2.24) is 4.90 Å². The number of amides is 1. The molecule has 0 bridgehead atoms. The number of aliphatic hydroxyl groups excluding tert-OH is 1. The van der Waals surface area contributed by atoms with Crippen molar-refractivity contribution in [3.63, 3.8) is 0 Å². The summed E-state index contributed by atoms with van der Waals surface area (Å²) in [5.41, 5.74) is 0. The van der Waals surface area contributed by atoms with Gasteiger partial charge in [-0.3, -0.25) is 4.79 Å². The molecule has 82 valence electrons. The number of hydrogen-bond acceptors (Lipinski definition) is 3. The highest BCUT2D eigenvalue weighted by atomic mass is 32.1. The predicted molar refractivity (Wildman–Crippen MR) is 59.8 cm³/mol. The number of nitrogens with zero attached hydrogens (tertiary/aromatic N) is 1. The van der Waals surface area contributed by atoms with Gasteiger partial charge in [0.2, 0.25) is 5.91 Å². The summed E-state index contributed by atoms with van der Waals surface area (Å²) in [7, 11) is 0. The fourth-order valence-electron chi connectivity index (χ4n) is 2.02. The predicted octanol–water partition coefficient (Wildman–Crippen LogP) is 1.27. The molecule has 4 heteroatoms. The van der Waals surface area contributed by atoms with E-state index in [1.165, 1.54) is 0 Å². The number of aliphatic hydroxyl groups is 1. The van der Waals surface area contributed by atoms with Crippen molar-refractivity contribution < 1.29 is 9.90 Å². The molecule has 1 saturated heterocycles. The van der Waals surface area contributed by atoms with Crippen molar-refractivity contribution in [2.24, 2.45) is 0 Å². The van der Waals surface area contributed by atoms with E-state index in [4.69, 9.17) is 5.11 Å². The van der Waals surface area contributed by atoms with E-state index in [2.05, 4.69) is 0 Å². The van der Waals surface area contributed by atoms with Crippen LogP contribution in [0.25, 0.3) is 0 Å². The molecule has 1 amide bonds. The molecule has 0 spiro atoms. The Morgan fingerprint density at radius 2 is 2.53 bits per heavy atom. The van der Waals surface area contributed by atoms with Crippen molar-refractivity contribution >= 4 is 17.2 Å². The second-order valence-corrected chi connectivity index (χ2v) is 4.85. The van der Waals surface area contributed by atoms with E-state index in [9.17, 15) is 4.79 Å². The number of carbonyl (C=O) groups is 1. The molecule has 1 N–H and O–H groups in total. The quantitative estimate of drug-likeness (QED) is 0.841. The van der Waals surface area contributed by atoms with Gasteiger partial charge in [0, 0.05) is 11.4 Å². The van der Waals surface area contributed by atoms with Crippen LogP contribution in [0.1, 0.15) is 17.7 Å². The summed E-state index contributed by atoms with van der Waals surface area (Å²) in [4.78, 5) is 14.8. The van der Waals surface area contributed by atoms with E-state index in [-0.39, 0.29) is 18.6 Å². The molecule has 1 aromatic rings. The fourth-order valence-corrected chi connectivity index (χ4v) is 2.71. The third kappa shape index (κ3) is 2.38. The minimum Gasteiger partial charge on any atom is -0.394 e. The van der Waals surface area contributed by atoms with Crippen LogP contribution in [0.15, 0.2) is 17.5 Å². The van der Waals surface area contributed by atoms with Crippen molar-refractivity contribution in [2.45, 2.75) is 25.3 Å². The van der Waals surface area contributed by atoms with Gasteiger partial charge in [-0.2, -0.15) is 0 Å². The SMILES string of the molecule is O=C(Cc1cccs1)N1CCCC1CO. The molecule has 2 heterocycles. The Kier molecular flexibility index (Phi) is 3.38. The first-order valence-corrected chi connectivity index (χ1v) is 6.12. The number of hydrogen-bond donors (Lipinski definition) is 1. The van der Waals surface area contributed by atoms with Crippen molar-refractivity contribution in [1.29, 1.82) is 0 Å². The highest BCUT2D eigenvalue weighted by molar-refractivity contribution is 7.10. The summed E-state index contributed by atoms with van der Waals surface area (Å²) in [6.45, 7) is 0.894. The Hall–Kier alpha value is -0.870. The maximum absolute atomic E-state index is 11.9. The van der Waals surface area contributed by atoms with Crippen molar-refractivity contribution in [3.05, 3.63) is 22.4 Å². The Labute approximate surface area is 93.3 Å². The summed E-state index contributed by atoms with van der Waals surface area (Å²) >= 11 is 1.61. The molecule has 1 aliphatic rings. The number of likely N-dealkylation sites (tertiary alicyclic amines) is 1. The van der Waals surface area contributed by atoms with Crippen LogP contribution in [0.3, 0.4) is 0 Å². The lowest BCUT2D eigenvalue weighted by molar-refractivity contribution is -0.131. The monoisotopic (exact) mass is 225 g/mol. The van der Waals surface area contributed by atoms with Crippen LogP contribution in [0.4, 0.5) is 0 Å². The normalized spacial score (nSPS) is 20.9. The molecule has 0 aliphatic carbocycles. The van der Waals surface area contributed by atoms with Gasteiger partial charge in [0.1, 0.15) is 0 Å². The van der Waals surface area contributed by atoms with E-state index < -0.39 is 0 Å². The summed E-state index contributed by atoms with van der Waals surface area (Å²) < 4.78 is 0. The number of rotatable bonds is 3. The highest BCUT2D eigenvalue weighted by Crippen LogP contribution is 2.19. The third-order valence-electron chi connectivity index (χ3n) is 2.81. The first kappa shape index (κ1) is 10.6. The molecule has 1 aliphatic heterocycles. The third-order valence-corrected chi connectivity index (χ3v) is 3.69. The molecule has 0 saturated carbocycles. The molecule has 1 aromatic heterocycles. The van der Waals surface area contributed by atoms with Gasteiger partial charge in [-0.25, -0.2) is 0 Å². The molecular weight excluding hydrogens is 210 g/mol. The van der Waals surface area contributed by atoms with Gasteiger partial charge in [0.15, 0.2) is 0 Å². The average Bonchev–Trinajstić information content (AvgIpc) is 2.86. The van der Waals surface area contributed by atoms with Crippen LogP contribution >= 0.6 is 11.3 Å². The lowest BCUT2D eigenvalue weighted by atomic mass is 10.2. The topological polar surface area (TPSA) is 40.5 Å². The molecule has 1 unspecified atom stereocenters. The lowest BCUT2D eigenvalue weighted by Gasteiger charge is -2.22. The first-order valence-electron chi connectivity index (χ1n) is 5.24. The van der Waals surface area contributed by atoms with Crippen LogP contribution in [0.2, 0.25) is 0 Å². The van der Waals surface area contributed by atoms with E-state index in [0.717, 1.165) is 24.3 Å². The van der Waals surface area contributed by atoms with Gasteiger partial charge in [0.25, 0.3) is 0 Å².